The normalized spacial score (nSPS) is 27.9. The van der Waals surface area contributed by atoms with Crippen LogP contribution in [0, 0.1) is 17.8 Å². The number of aliphatic hydroxyl groups excluding tert-OH is 1. The van der Waals surface area contributed by atoms with Gasteiger partial charge in [-0.1, -0.05) is 18.0 Å². The van der Waals surface area contributed by atoms with Crippen LogP contribution in [-0.4, -0.2) is 55.4 Å². The number of halogens is 5. The quantitative estimate of drug-likeness (QED) is 0.718. The van der Waals surface area contributed by atoms with E-state index in [0.717, 1.165) is 6.42 Å². The molecule has 1 saturated heterocycles. The van der Waals surface area contributed by atoms with Crippen molar-refractivity contribution < 1.29 is 23.1 Å². The predicted octanol–water partition coefficient (Wildman–Crippen LogP) is 4.16. The van der Waals surface area contributed by atoms with E-state index in [4.69, 9.17) is 23.2 Å². The Hall–Kier alpha value is -1.58. The Kier molecular flexibility index (Phi) is 6.13. The average Bonchev–Trinajstić information content (AvgIpc) is 3.09. The molecule has 1 aliphatic heterocycles. The van der Waals surface area contributed by atoms with Gasteiger partial charge in [0.15, 0.2) is 11.8 Å². The van der Waals surface area contributed by atoms with E-state index < -0.39 is 18.2 Å². The molecule has 4 rings (SSSR count). The maximum atomic E-state index is 13.2. The summed E-state index contributed by atoms with van der Waals surface area (Å²) in [6.45, 7) is 2.22. The van der Waals surface area contributed by atoms with Crippen LogP contribution < -0.4 is 0 Å². The minimum absolute atomic E-state index is 0.0235. The zero-order chi connectivity index (χ0) is 22.5. The smallest absolute Gasteiger partial charge is 0.383 e. The molecule has 2 aromatic heterocycles. The van der Waals surface area contributed by atoms with Crippen molar-refractivity contribution in [2.75, 3.05) is 6.54 Å². The number of carbonyl (C=O) groups is 1. The summed E-state index contributed by atoms with van der Waals surface area (Å²) in [6, 6.07) is 3.05. The van der Waals surface area contributed by atoms with E-state index >= 15 is 0 Å². The summed E-state index contributed by atoms with van der Waals surface area (Å²) in [5.41, 5.74) is 0.947. The third-order valence-corrected chi connectivity index (χ3v) is 7.53. The first-order valence-corrected chi connectivity index (χ1v) is 11.1. The highest BCUT2D eigenvalue weighted by atomic mass is 35.5. The van der Waals surface area contributed by atoms with Crippen LogP contribution in [0.1, 0.15) is 38.3 Å². The van der Waals surface area contributed by atoms with Gasteiger partial charge in [0.05, 0.1) is 17.1 Å². The minimum Gasteiger partial charge on any atom is -0.383 e. The Morgan fingerprint density at radius 3 is 2.68 bits per heavy atom. The Labute approximate surface area is 187 Å². The second-order valence-electron chi connectivity index (χ2n) is 8.49. The summed E-state index contributed by atoms with van der Waals surface area (Å²) < 4.78 is 41.0. The zero-order valence-electron chi connectivity index (χ0n) is 16.8. The van der Waals surface area contributed by atoms with Crippen LogP contribution in [0.4, 0.5) is 13.2 Å². The summed E-state index contributed by atoms with van der Waals surface area (Å²) in [4.78, 5) is 14.9. The number of pyridine rings is 1. The van der Waals surface area contributed by atoms with Gasteiger partial charge in [-0.15, -0.1) is 10.2 Å². The Morgan fingerprint density at radius 1 is 1.23 bits per heavy atom. The number of amides is 1. The van der Waals surface area contributed by atoms with Crippen LogP contribution in [0.3, 0.4) is 0 Å². The van der Waals surface area contributed by atoms with Crippen LogP contribution in [0.25, 0.3) is 5.65 Å². The average molecular weight is 479 g/mol. The number of rotatable bonds is 3. The molecule has 1 aliphatic carbocycles. The van der Waals surface area contributed by atoms with Crippen LogP contribution in [0.15, 0.2) is 12.1 Å². The Balaban J connectivity index is 1.53. The molecule has 3 heterocycles. The topological polar surface area (TPSA) is 70.7 Å². The molecule has 0 bridgehead atoms. The number of likely N-dealkylation sites (tertiary alicyclic amines) is 1. The lowest BCUT2D eigenvalue weighted by molar-refractivity contribution is -0.233. The summed E-state index contributed by atoms with van der Waals surface area (Å²) in [5, 5.41) is 18.1. The molecule has 2 aliphatic rings. The highest BCUT2D eigenvalue weighted by molar-refractivity contribution is 6.32. The maximum absolute atomic E-state index is 13.2. The van der Waals surface area contributed by atoms with E-state index in [2.05, 4.69) is 10.2 Å². The number of hydrogen-bond donors (Lipinski definition) is 1. The standard InChI is InChI=1S/C20H23Cl2F3N4O2/c1-10-11-3-2-4-13(18(31)20(23,24)25)12(11)7-8-28(10)17(30)9-15-14(21)5-6-16-26-27-19(22)29(15)16/h5-6,10-13,18,31H,2-4,7-9H2,1H3/t10-,11+,12+,13+,18-/m0/s1. The van der Waals surface area contributed by atoms with E-state index in [9.17, 15) is 23.1 Å². The van der Waals surface area contributed by atoms with Crippen molar-refractivity contribution in [1.29, 1.82) is 0 Å². The lowest BCUT2D eigenvalue weighted by Crippen LogP contribution is -2.55. The SMILES string of the molecule is C[C@H]1[C@H]2CCC[C@@H]([C@H](O)C(F)(F)F)[C@@H]2CCN1C(=O)Cc1c(Cl)ccc2nnc(Cl)n12. The molecular formula is C20H23Cl2F3N4O2. The van der Waals surface area contributed by atoms with E-state index in [-0.39, 0.29) is 35.5 Å². The molecule has 0 spiro atoms. The van der Waals surface area contributed by atoms with Crippen LogP contribution >= 0.6 is 23.2 Å². The molecule has 0 radical (unpaired) electrons. The third kappa shape index (κ3) is 4.12. The fraction of sp³-hybridized carbons (Fsp3) is 0.650. The first-order chi connectivity index (χ1) is 14.6. The van der Waals surface area contributed by atoms with Gasteiger partial charge in [-0.3, -0.25) is 9.20 Å². The van der Waals surface area contributed by atoms with E-state index in [1.807, 2.05) is 6.92 Å². The minimum atomic E-state index is -4.63. The highest BCUT2D eigenvalue weighted by Crippen LogP contribution is 2.47. The monoisotopic (exact) mass is 478 g/mol. The van der Waals surface area contributed by atoms with Crippen molar-refractivity contribution in [2.45, 2.75) is 57.3 Å². The number of carbonyl (C=O) groups excluding carboxylic acids is 1. The first kappa shape index (κ1) is 22.6. The van der Waals surface area contributed by atoms with Crippen molar-refractivity contribution in [3.63, 3.8) is 0 Å². The van der Waals surface area contributed by atoms with Crippen LogP contribution in [0.5, 0.6) is 0 Å². The lowest BCUT2D eigenvalue weighted by atomic mass is 9.64. The second-order valence-corrected chi connectivity index (χ2v) is 9.24. The molecule has 31 heavy (non-hydrogen) atoms. The third-order valence-electron chi connectivity index (χ3n) is 6.94. The van der Waals surface area contributed by atoms with Crippen molar-refractivity contribution in [3.8, 4) is 0 Å². The molecule has 6 nitrogen and oxygen atoms in total. The van der Waals surface area contributed by atoms with Gasteiger partial charge in [0, 0.05) is 12.6 Å². The highest BCUT2D eigenvalue weighted by Gasteiger charge is 2.51. The number of aromatic nitrogens is 3. The number of alkyl halides is 3. The second kappa shape index (κ2) is 8.41. The molecule has 1 amide bonds. The van der Waals surface area contributed by atoms with E-state index in [1.54, 1.807) is 17.0 Å². The largest absolute Gasteiger partial charge is 0.414 e. The van der Waals surface area contributed by atoms with Gasteiger partial charge in [0.25, 0.3) is 0 Å². The molecule has 0 unspecified atom stereocenters. The number of hydrogen-bond acceptors (Lipinski definition) is 4. The molecule has 1 N–H and O–H groups in total. The Morgan fingerprint density at radius 2 is 1.97 bits per heavy atom. The van der Waals surface area contributed by atoms with Gasteiger partial charge in [0.2, 0.25) is 11.2 Å². The van der Waals surface area contributed by atoms with Crippen molar-refractivity contribution >= 4 is 34.8 Å². The van der Waals surface area contributed by atoms with Gasteiger partial charge >= 0.3 is 6.18 Å². The summed E-state index contributed by atoms with van der Waals surface area (Å²) >= 11 is 12.4. The molecule has 2 fully saturated rings. The van der Waals surface area contributed by atoms with Gasteiger partial charge in [-0.25, -0.2) is 0 Å². The molecule has 11 heteroatoms. The number of piperidine rings is 1. The predicted molar refractivity (Wildman–Crippen MR) is 109 cm³/mol. The fourth-order valence-corrected chi connectivity index (χ4v) is 5.91. The van der Waals surface area contributed by atoms with Crippen molar-refractivity contribution in [1.82, 2.24) is 19.5 Å². The van der Waals surface area contributed by atoms with Gasteiger partial charge in [-0.2, -0.15) is 13.2 Å². The van der Waals surface area contributed by atoms with Crippen LogP contribution in [0.2, 0.25) is 10.3 Å². The van der Waals surface area contributed by atoms with Crippen LogP contribution in [-0.2, 0) is 11.2 Å². The Bertz CT molecular complexity index is 983. The zero-order valence-corrected chi connectivity index (χ0v) is 18.3. The van der Waals surface area contributed by atoms with Gasteiger partial charge in [0.1, 0.15) is 0 Å². The molecular weight excluding hydrogens is 456 g/mol. The maximum Gasteiger partial charge on any atom is 0.414 e. The first-order valence-electron chi connectivity index (χ1n) is 10.3. The molecule has 170 valence electrons. The summed E-state index contributed by atoms with van der Waals surface area (Å²) in [7, 11) is 0. The summed E-state index contributed by atoms with van der Waals surface area (Å²) in [6.07, 6.45) is -4.84. The van der Waals surface area contributed by atoms with Gasteiger partial charge in [-0.05, 0) is 67.7 Å². The molecule has 5 atom stereocenters. The van der Waals surface area contributed by atoms with E-state index in [1.165, 1.54) is 4.40 Å². The molecule has 1 saturated carbocycles. The van der Waals surface area contributed by atoms with Crippen molar-refractivity contribution in [3.05, 3.63) is 28.1 Å². The number of nitrogens with zero attached hydrogens (tertiary/aromatic N) is 4. The van der Waals surface area contributed by atoms with E-state index in [0.29, 0.717) is 42.2 Å². The van der Waals surface area contributed by atoms with Crippen molar-refractivity contribution in [2.24, 2.45) is 17.8 Å². The lowest BCUT2D eigenvalue weighted by Gasteiger charge is -2.50. The van der Waals surface area contributed by atoms with Gasteiger partial charge < -0.3 is 10.0 Å². The number of aliphatic hydroxyl groups is 1. The number of fused-ring (bicyclic) bond motifs is 2. The molecule has 0 aromatic carbocycles. The summed E-state index contributed by atoms with van der Waals surface area (Å²) in [5.74, 6) is -1.34. The fourth-order valence-electron chi connectivity index (χ4n) is 5.46. The molecule has 2 aromatic rings.